The Labute approximate surface area is 136 Å². The lowest BCUT2D eigenvalue weighted by molar-refractivity contribution is 0.562. The standard InChI is InChI=1S/C16H20Cl3N/c1-11(13-7-8-14(17)16(19)15(13)18)20-10-9-12-5-3-2-4-6-12/h5,7-8,11,20H,2-4,6,9-10H2,1H3. The molecule has 0 amide bonds. The van der Waals surface area contributed by atoms with Crippen LogP contribution in [0.15, 0.2) is 23.8 Å². The number of nitrogens with one attached hydrogen (secondary N) is 1. The Kier molecular flexibility index (Phi) is 6.22. The molecule has 1 nitrogen and oxygen atoms in total. The van der Waals surface area contributed by atoms with E-state index < -0.39 is 0 Å². The molecule has 0 aromatic heterocycles. The Morgan fingerprint density at radius 3 is 2.65 bits per heavy atom. The van der Waals surface area contributed by atoms with Gasteiger partial charge in [0.2, 0.25) is 0 Å². The molecule has 0 radical (unpaired) electrons. The molecule has 1 aliphatic carbocycles. The van der Waals surface area contributed by atoms with Gasteiger partial charge in [0.25, 0.3) is 0 Å². The minimum absolute atomic E-state index is 0.168. The first-order valence-electron chi connectivity index (χ1n) is 7.14. The van der Waals surface area contributed by atoms with Gasteiger partial charge < -0.3 is 5.32 Å². The van der Waals surface area contributed by atoms with Gasteiger partial charge in [-0.3, -0.25) is 0 Å². The molecule has 1 N–H and O–H groups in total. The fourth-order valence-electron chi connectivity index (χ4n) is 2.57. The van der Waals surface area contributed by atoms with Crippen molar-refractivity contribution in [3.8, 4) is 0 Å². The monoisotopic (exact) mass is 331 g/mol. The van der Waals surface area contributed by atoms with E-state index in [4.69, 9.17) is 34.8 Å². The van der Waals surface area contributed by atoms with E-state index in [-0.39, 0.29) is 6.04 Å². The second-order valence-electron chi connectivity index (χ2n) is 5.30. The van der Waals surface area contributed by atoms with Crippen LogP contribution in [0.25, 0.3) is 0 Å². The maximum atomic E-state index is 6.25. The minimum Gasteiger partial charge on any atom is -0.310 e. The highest BCUT2D eigenvalue weighted by Gasteiger charge is 2.14. The topological polar surface area (TPSA) is 12.0 Å². The maximum absolute atomic E-state index is 6.25. The van der Waals surface area contributed by atoms with Gasteiger partial charge in [0.15, 0.2) is 0 Å². The minimum atomic E-state index is 0.168. The largest absolute Gasteiger partial charge is 0.310 e. The Morgan fingerprint density at radius 1 is 1.15 bits per heavy atom. The fourth-order valence-corrected chi connectivity index (χ4v) is 3.27. The van der Waals surface area contributed by atoms with Gasteiger partial charge in [-0.2, -0.15) is 0 Å². The van der Waals surface area contributed by atoms with Gasteiger partial charge in [-0.25, -0.2) is 0 Å². The normalized spacial score (nSPS) is 16.9. The van der Waals surface area contributed by atoms with Crippen LogP contribution in [0, 0.1) is 0 Å². The smallest absolute Gasteiger partial charge is 0.0781 e. The van der Waals surface area contributed by atoms with Gasteiger partial charge in [-0.15, -0.1) is 0 Å². The average Bonchev–Trinajstić information content (AvgIpc) is 2.46. The third-order valence-corrected chi connectivity index (χ3v) is 5.12. The Hall–Kier alpha value is -0.210. The molecule has 2 rings (SSSR count). The molecule has 1 aliphatic rings. The summed E-state index contributed by atoms with van der Waals surface area (Å²) in [6.45, 7) is 3.06. The first kappa shape index (κ1) is 16.2. The van der Waals surface area contributed by atoms with Crippen LogP contribution in [-0.4, -0.2) is 6.54 Å². The first-order valence-corrected chi connectivity index (χ1v) is 8.27. The lowest BCUT2D eigenvalue weighted by atomic mass is 9.97. The van der Waals surface area contributed by atoms with Crippen molar-refractivity contribution in [3.05, 3.63) is 44.4 Å². The van der Waals surface area contributed by atoms with E-state index in [1.165, 1.54) is 25.7 Å². The highest BCUT2D eigenvalue weighted by molar-refractivity contribution is 6.48. The average molecular weight is 333 g/mol. The van der Waals surface area contributed by atoms with Crippen molar-refractivity contribution >= 4 is 34.8 Å². The van der Waals surface area contributed by atoms with E-state index in [1.807, 2.05) is 6.07 Å². The maximum Gasteiger partial charge on any atom is 0.0781 e. The van der Waals surface area contributed by atoms with Crippen LogP contribution in [0.2, 0.25) is 15.1 Å². The first-order chi connectivity index (χ1) is 9.59. The molecule has 1 aromatic carbocycles. The van der Waals surface area contributed by atoms with Gasteiger partial charge in [0, 0.05) is 6.04 Å². The summed E-state index contributed by atoms with van der Waals surface area (Å²) in [7, 11) is 0. The van der Waals surface area contributed by atoms with Crippen molar-refractivity contribution in [1.29, 1.82) is 0 Å². The van der Waals surface area contributed by atoms with E-state index in [1.54, 1.807) is 11.6 Å². The van der Waals surface area contributed by atoms with Gasteiger partial charge in [0.05, 0.1) is 15.1 Å². The van der Waals surface area contributed by atoms with E-state index in [0.29, 0.717) is 15.1 Å². The lowest BCUT2D eigenvalue weighted by Crippen LogP contribution is -2.20. The highest BCUT2D eigenvalue weighted by Crippen LogP contribution is 2.35. The Balaban J connectivity index is 1.90. The van der Waals surface area contributed by atoms with Gasteiger partial charge in [-0.1, -0.05) is 52.5 Å². The molecule has 0 fully saturated rings. The lowest BCUT2D eigenvalue weighted by Gasteiger charge is -2.18. The van der Waals surface area contributed by atoms with Crippen molar-refractivity contribution < 1.29 is 0 Å². The van der Waals surface area contributed by atoms with Crippen LogP contribution in [0.1, 0.15) is 50.6 Å². The summed E-state index contributed by atoms with van der Waals surface area (Å²) in [5.41, 5.74) is 2.58. The fraction of sp³-hybridized carbons (Fsp3) is 0.500. The van der Waals surface area contributed by atoms with Crippen LogP contribution in [-0.2, 0) is 0 Å². The number of hydrogen-bond donors (Lipinski definition) is 1. The highest BCUT2D eigenvalue weighted by atomic mass is 35.5. The van der Waals surface area contributed by atoms with Crippen molar-refractivity contribution in [2.75, 3.05) is 6.54 Å². The number of allylic oxidation sites excluding steroid dienone is 1. The summed E-state index contributed by atoms with van der Waals surface area (Å²) in [5.74, 6) is 0. The van der Waals surface area contributed by atoms with E-state index in [9.17, 15) is 0 Å². The molecule has 1 unspecified atom stereocenters. The molecule has 1 atom stereocenters. The molecule has 0 saturated heterocycles. The number of rotatable bonds is 5. The summed E-state index contributed by atoms with van der Waals surface area (Å²) in [4.78, 5) is 0. The van der Waals surface area contributed by atoms with Crippen LogP contribution >= 0.6 is 34.8 Å². The Morgan fingerprint density at radius 2 is 1.95 bits per heavy atom. The predicted molar refractivity (Wildman–Crippen MR) is 89.1 cm³/mol. The number of halogens is 3. The molecule has 0 bridgehead atoms. The van der Waals surface area contributed by atoms with Crippen LogP contribution in [0.5, 0.6) is 0 Å². The molecule has 0 aliphatic heterocycles. The summed E-state index contributed by atoms with van der Waals surface area (Å²) in [6, 6.07) is 3.91. The summed E-state index contributed by atoms with van der Waals surface area (Å²) >= 11 is 18.3. The van der Waals surface area contributed by atoms with E-state index in [0.717, 1.165) is 18.5 Å². The molecule has 0 saturated carbocycles. The third kappa shape index (κ3) is 4.14. The molecule has 20 heavy (non-hydrogen) atoms. The van der Waals surface area contributed by atoms with Crippen molar-refractivity contribution in [3.63, 3.8) is 0 Å². The van der Waals surface area contributed by atoms with E-state index >= 15 is 0 Å². The molecule has 110 valence electrons. The van der Waals surface area contributed by atoms with Crippen molar-refractivity contribution in [2.24, 2.45) is 0 Å². The molecule has 0 spiro atoms. The quantitative estimate of drug-likeness (QED) is 0.501. The molecule has 0 heterocycles. The van der Waals surface area contributed by atoms with Gasteiger partial charge in [-0.05, 0) is 57.2 Å². The summed E-state index contributed by atoms with van der Waals surface area (Å²) in [6.07, 6.45) is 8.67. The zero-order chi connectivity index (χ0) is 14.5. The van der Waals surface area contributed by atoms with Crippen LogP contribution in [0.3, 0.4) is 0 Å². The van der Waals surface area contributed by atoms with Crippen LogP contribution in [0.4, 0.5) is 0 Å². The molecular weight excluding hydrogens is 313 g/mol. The summed E-state index contributed by atoms with van der Waals surface area (Å²) in [5, 5.41) is 5.00. The third-order valence-electron chi connectivity index (χ3n) is 3.81. The molecule has 1 aromatic rings. The van der Waals surface area contributed by atoms with Gasteiger partial charge in [0.1, 0.15) is 0 Å². The van der Waals surface area contributed by atoms with Gasteiger partial charge >= 0.3 is 0 Å². The molecular formula is C16H20Cl3N. The SMILES string of the molecule is CC(NCCC1=CCCCC1)c1ccc(Cl)c(Cl)c1Cl. The zero-order valence-electron chi connectivity index (χ0n) is 11.7. The Bertz CT molecular complexity index is 497. The van der Waals surface area contributed by atoms with Crippen molar-refractivity contribution in [1.82, 2.24) is 5.32 Å². The second-order valence-corrected chi connectivity index (χ2v) is 6.46. The molecule has 4 heteroatoms. The number of benzene rings is 1. The van der Waals surface area contributed by atoms with Crippen LogP contribution < -0.4 is 5.32 Å². The number of hydrogen-bond acceptors (Lipinski definition) is 1. The zero-order valence-corrected chi connectivity index (χ0v) is 14.0. The second kappa shape index (κ2) is 7.70. The predicted octanol–water partition coefficient (Wildman–Crippen LogP) is 6.19. The van der Waals surface area contributed by atoms with E-state index in [2.05, 4.69) is 18.3 Å². The van der Waals surface area contributed by atoms with Crippen molar-refractivity contribution in [2.45, 2.75) is 45.1 Å². The summed E-state index contributed by atoms with van der Waals surface area (Å²) < 4.78 is 0.